The van der Waals surface area contributed by atoms with E-state index in [2.05, 4.69) is 44.6 Å². The highest BCUT2D eigenvalue weighted by Gasteiger charge is 2.21. The van der Waals surface area contributed by atoms with Crippen LogP contribution in [0.1, 0.15) is 32.6 Å². The minimum atomic E-state index is -0.314. The van der Waals surface area contributed by atoms with Crippen molar-refractivity contribution in [1.82, 2.24) is 29.6 Å². The van der Waals surface area contributed by atoms with Crippen LogP contribution in [0.15, 0.2) is 30.9 Å². The fourth-order valence-electron chi connectivity index (χ4n) is 4.07. The molecule has 30 heavy (non-hydrogen) atoms. The Kier molecular flexibility index (Phi) is 6.27. The second-order valence-corrected chi connectivity index (χ2v) is 7.80. The van der Waals surface area contributed by atoms with E-state index in [1.54, 1.807) is 19.3 Å². The van der Waals surface area contributed by atoms with Crippen molar-refractivity contribution in [3.8, 4) is 0 Å². The number of rotatable bonds is 8. The summed E-state index contributed by atoms with van der Waals surface area (Å²) >= 11 is 0. The Hall–Kier alpha value is -2.94. The predicted molar refractivity (Wildman–Crippen MR) is 114 cm³/mol. The molecule has 0 unspecified atom stereocenters. The minimum Gasteiger partial charge on any atom is -0.465 e. The summed E-state index contributed by atoms with van der Waals surface area (Å²) < 4.78 is 8.71. The molecule has 1 aliphatic carbocycles. The molecule has 0 spiro atoms. The zero-order valence-electron chi connectivity index (χ0n) is 17.5. The van der Waals surface area contributed by atoms with Gasteiger partial charge in [-0.15, -0.1) is 0 Å². The molecule has 2 N–H and O–H groups in total. The summed E-state index contributed by atoms with van der Waals surface area (Å²) in [5.41, 5.74) is 1.66. The first-order chi connectivity index (χ1) is 14.6. The first-order valence-electron chi connectivity index (χ1n) is 10.6. The first-order valence-corrected chi connectivity index (χ1v) is 10.6. The summed E-state index contributed by atoms with van der Waals surface area (Å²) in [6.45, 7) is 3.20. The molecular weight excluding hydrogens is 382 g/mol. The topological polar surface area (TPSA) is 98.9 Å². The van der Waals surface area contributed by atoms with Crippen LogP contribution in [0.25, 0.3) is 11.0 Å². The lowest BCUT2D eigenvalue weighted by molar-refractivity contribution is -0.144. The molecule has 4 rings (SSSR count). The highest BCUT2D eigenvalue weighted by molar-refractivity contribution is 5.76. The van der Waals surface area contributed by atoms with E-state index in [4.69, 9.17) is 9.72 Å². The van der Waals surface area contributed by atoms with Gasteiger partial charge in [0.05, 0.1) is 18.5 Å². The lowest BCUT2D eigenvalue weighted by Crippen LogP contribution is -2.31. The van der Waals surface area contributed by atoms with Crippen molar-refractivity contribution in [2.75, 3.05) is 19.0 Å². The minimum absolute atomic E-state index is 0.0774. The second kappa shape index (κ2) is 9.25. The number of nitrogens with one attached hydrogen (secondary N) is 2. The summed E-state index contributed by atoms with van der Waals surface area (Å²) in [7, 11) is 2.05. The predicted octanol–water partition coefficient (Wildman–Crippen LogP) is 2.71. The van der Waals surface area contributed by atoms with Crippen LogP contribution in [-0.4, -0.2) is 50.0 Å². The largest absolute Gasteiger partial charge is 0.465 e. The Morgan fingerprint density at radius 1 is 1.27 bits per heavy atom. The fraction of sp³-hybridized carbons (Fsp3) is 0.524. The third kappa shape index (κ3) is 4.79. The van der Waals surface area contributed by atoms with Crippen molar-refractivity contribution in [1.29, 1.82) is 0 Å². The van der Waals surface area contributed by atoms with Gasteiger partial charge in [0.2, 0.25) is 5.95 Å². The molecule has 3 aromatic heterocycles. The maximum Gasteiger partial charge on any atom is 0.327 e. The molecule has 1 aliphatic rings. The Balaban J connectivity index is 1.43. The molecule has 0 saturated heterocycles. The maximum atomic E-state index is 11.6. The van der Waals surface area contributed by atoms with Gasteiger partial charge in [-0.3, -0.25) is 9.48 Å². The smallest absolute Gasteiger partial charge is 0.327 e. The molecule has 3 heterocycles. The Morgan fingerprint density at radius 2 is 2.10 bits per heavy atom. The zero-order valence-corrected chi connectivity index (χ0v) is 17.5. The number of esters is 1. The number of hydrogen-bond acceptors (Lipinski definition) is 7. The van der Waals surface area contributed by atoms with Gasteiger partial charge in [0.25, 0.3) is 0 Å². The summed E-state index contributed by atoms with van der Waals surface area (Å²) in [5, 5.41) is 11.8. The van der Waals surface area contributed by atoms with Crippen molar-refractivity contribution < 1.29 is 9.53 Å². The van der Waals surface area contributed by atoms with Crippen LogP contribution >= 0.6 is 0 Å². The van der Waals surface area contributed by atoms with E-state index >= 15 is 0 Å². The van der Waals surface area contributed by atoms with Gasteiger partial charge in [0.15, 0.2) is 0 Å². The van der Waals surface area contributed by atoms with Crippen LogP contribution in [-0.2, 0) is 22.6 Å². The zero-order chi connectivity index (χ0) is 20.9. The number of carbonyl (C=O) groups excluding carboxylic acids is 1. The van der Waals surface area contributed by atoms with E-state index in [-0.39, 0.29) is 12.5 Å². The van der Waals surface area contributed by atoms with Crippen LogP contribution in [0.3, 0.4) is 0 Å². The highest BCUT2D eigenvalue weighted by atomic mass is 16.5. The van der Waals surface area contributed by atoms with Gasteiger partial charge in [0.1, 0.15) is 12.2 Å². The molecule has 0 aliphatic heterocycles. The number of hydrogen-bond donors (Lipinski definition) is 2. The normalized spacial score (nSPS) is 19.1. The van der Waals surface area contributed by atoms with Gasteiger partial charge in [-0.2, -0.15) is 10.1 Å². The third-order valence-corrected chi connectivity index (χ3v) is 5.70. The molecule has 1 saturated carbocycles. The van der Waals surface area contributed by atoms with Crippen LogP contribution < -0.4 is 10.6 Å². The standard InChI is InChI=1S/C21H29N7O2/c1-3-30-19(29)14-28-13-18(11-24-28)25-21-23-10-16-8-9-27(20(16)26-21)12-15-4-6-17(22-2)7-5-15/h8-11,13,15,17,22H,3-7,12,14H2,1-2H3,(H,23,25,26)/t15-,17-. The Labute approximate surface area is 175 Å². The molecule has 160 valence electrons. The van der Waals surface area contributed by atoms with E-state index in [0.717, 1.165) is 23.3 Å². The van der Waals surface area contributed by atoms with E-state index < -0.39 is 0 Å². The number of carbonyl (C=O) groups is 1. The second-order valence-electron chi connectivity index (χ2n) is 7.80. The molecule has 0 radical (unpaired) electrons. The van der Waals surface area contributed by atoms with Gasteiger partial charge in [-0.05, 0) is 51.6 Å². The van der Waals surface area contributed by atoms with E-state index in [1.165, 1.54) is 30.4 Å². The van der Waals surface area contributed by atoms with Crippen LogP contribution in [0.4, 0.5) is 11.6 Å². The van der Waals surface area contributed by atoms with Crippen LogP contribution in [0.2, 0.25) is 0 Å². The molecule has 9 heteroatoms. The van der Waals surface area contributed by atoms with E-state index in [0.29, 0.717) is 24.5 Å². The van der Waals surface area contributed by atoms with Crippen LogP contribution in [0, 0.1) is 5.92 Å². The Morgan fingerprint density at radius 3 is 2.87 bits per heavy atom. The average molecular weight is 412 g/mol. The Bertz CT molecular complexity index is 988. The van der Waals surface area contributed by atoms with Gasteiger partial charge in [-0.25, -0.2) is 4.98 Å². The van der Waals surface area contributed by atoms with Gasteiger partial charge < -0.3 is 19.9 Å². The van der Waals surface area contributed by atoms with Crippen molar-refractivity contribution >= 4 is 28.6 Å². The number of nitrogens with zero attached hydrogens (tertiary/aromatic N) is 5. The van der Waals surface area contributed by atoms with E-state index in [1.807, 2.05) is 6.20 Å². The molecule has 0 aromatic carbocycles. The average Bonchev–Trinajstić information content (AvgIpc) is 3.35. The molecular formula is C21H29N7O2. The highest BCUT2D eigenvalue weighted by Crippen LogP contribution is 2.27. The first kappa shape index (κ1) is 20.3. The quantitative estimate of drug-likeness (QED) is 0.550. The summed E-state index contributed by atoms with van der Waals surface area (Å²) in [6, 6.07) is 2.72. The van der Waals surface area contributed by atoms with E-state index in [9.17, 15) is 4.79 Å². The third-order valence-electron chi connectivity index (χ3n) is 5.70. The molecule has 1 fully saturated rings. The van der Waals surface area contributed by atoms with Crippen molar-refractivity contribution in [3.63, 3.8) is 0 Å². The molecule has 0 bridgehead atoms. The van der Waals surface area contributed by atoms with Crippen molar-refractivity contribution in [3.05, 3.63) is 30.9 Å². The lowest BCUT2D eigenvalue weighted by atomic mass is 9.86. The van der Waals surface area contributed by atoms with Gasteiger partial charge in [-0.1, -0.05) is 0 Å². The van der Waals surface area contributed by atoms with Gasteiger partial charge >= 0.3 is 5.97 Å². The summed E-state index contributed by atoms with van der Waals surface area (Å²) in [6.07, 6.45) is 12.3. The summed E-state index contributed by atoms with van der Waals surface area (Å²) in [4.78, 5) is 20.7. The number of fused-ring (bicyclic) bond motifs is 1. The number of ether oxygens (including phenoxy) is 1. The van der Waals surface area contributed by atoms with Gasteiger partial charge in [0, 0.05) is 36.6 Å². The summed E-state index contributed by atoms with van der Waals surface area (Å²) in [5.74, 6) is 0.876. The molecule has 0 amide bonds. The fourth-order valence-corrected chi connectivity index (χ4v) is 4.07. The lowest BCUT2D eigenvalue weighted by Gasteiger charge is -2.28. The monoisotopic (exact) mass is 411 g/mol. The van der Waals surface area contributed by atoms with Crippen molar-refractivity contribution in [2.45, 2.75) is 51.7 Å². The van der Waals surface area contributed by atoms with Crippen LogP contribution in [0.5, 0.6) is 0 Å². The molecule has 0 atom stereocenters. The SMILES string of the molecule is CCOC(=O)Cn1cc(Nc2ncc3ccn(C[C@H]4CC[C@H](NC)CC4)c3n2)cn1. The molecule has 9 nitrogen and oxygen atoms in total. The number of aromatic nitrogens is 5. The maximum absolute atomic E-state index is 11.6. The van der Waals surface area contributed by atoms with Crippen molar-refractivity contribution in [2.24, 2.45) is 5.92 Å². The molecule has 3 aromatic rings. The number of anilines is 2.